The predicted molar refractivity (Wildman–Crippen MR) is 101 cm³/mol. The summed E-state index contributed by atoms with van der Waals surface area (Å²) in [6, 6.07) is 4.07. The van der Waals surface area contributed by atoms with Crippen LogP contribution in [0.3, 0.4) is 0 Å². The molecule has 0 spiro atoms. The Balaban J connectivity index is 1.49. The summed E-state index contributed by atoms with van der Waals surface area (Å²) < 4.78 is 6.48. The van der Waals surface area contributed by atoms with Crippen molar-refractivity contribution in [2.45, 2.75) is 51.5 Å². The number of nitrogens with one attached hydrogen (secondary N) is 1. The highest BCUT2D eigenvalue weighted by atomic mass is 16.6. The van der Waals surface area contributed by atoms with Gasteiger partial charge in [0, 0.05) is 25.6 Å². The summed E-state index contributed by atoms with van der Waals surface area (Å²) in [5.41, 5.74) is 1.97. The van der Waals surface area contributed by atoms with Crippen molar-refractivity contribution in [3.8, 4) is 0 Å². The molecule has 144 valence electrons. The zero-order valence-corrected chi connectivity index (χ0v) is 15.1. The summed E-state index contributed by atoms with van der Waals surface area (Å²) in [6.07, 6.45) is 8.73. The molecule has 0 aliphatic heterocycles. The number of nitrogens with zero attached hydrogens (tertiary/aromatic N) is 2. The van der Waals surface area contributed by atoms with Gasteiger partial charge in [-0.1, -0.05) is 11.6 Å². The van der Waals surface area contributed by atoms with Gasteiger partial charge in [0.25, 0.3) is 5.69 Å². The van der Waals surface area contributed by atoms with Crippen molar-refractivity contribution < 1.29 is 14.1 Å². The van der Waals surface area contributed by atoms with Crippen molar-refractivity contribution in [1.82, 2.24) is 9.88 Å². The van der Waals surface area contributed by atoms with Crippen molar-refractivity contribution in [1.29, 1.82) is 0 Å². The molecule has 1 N–H and O–H groups in total. The molecule has 1 aromatic carbocycles. The van der Waals surface area contributed by atoms with E-state index >= 15 is 0 Å². The Bertz CT molecular complexity index is 925. The van der Waals surface area contributed by atoms with E-state index in [1.165, 1.54) is 41.2 Å². The molecule has 3 rings (SSSR count). The van der Waals surface area contributed by atoms with Crippen LogP contribution < -0.4 is 11.1 Å². The van der Waals surface area contributed by atoms with E-state index in [1.54, 1.807) is 0 Å². The number of carbonyl (C=O) groups excluding carboxylic acids is 1. The van der Waals surface area contributed by atoms with Crippen molar-refractivity contribution >= 4 is 22.7 Å². The van der Waals surface area contributed by atoms with E-state index in [-0.39, 0.29) is 17.2 Å². The number of hydrogen-bond donors (Lipinski definition) is 1. The van der Waals surface area contributed by atoms with E-state index < -0.39 is 10.7 Å². The monoisotopic (exact) mass is 373 g/mol. The van der Waals surface area contributed by atoms with Crippen LogP contribution in [0.25, 0.3) is 11.1 Å². The molecule has 1 aliphatic carbocycles. The van der Waals surface area contributed by atoms with E-state index in [0.29, 0.717) is 31.4 Å². The molecule has 1 aromatic heterocycles. The Hall–Kier alpha value is -2.90. The first-order chi connectivity index (χ1) is 13.0. The number of nitro benzene ring substituents is 1. The Morgan fingerprint density at radius 1 is 1.33 bits per heavy atom. The Morgan fingerprint density at radius 2 is 2.19 bits per heavy atom. The van der Waals surface area contributed by atoms with E-state index in [0.717, 1.165) is 19.3 Å². The third kappa shape index (κ3) is 4.84. The third-order valence-corrected chi connectivity index (χ3v) is 4.80. The molecule has 8 heteroatoms. The normalized spacial score (nSPS) is 14.1. The molecular formula is C19H23N3O5. The van der Waals surface area contributed by atoms with Gasteiger partial charge in [-0.25, -0.2) is 4.79 Å². The first-order valence-corrected chi connectivity index (χ1v) is 9.27. The molecule has 0 saturated carbocycles. The molecule has 0 atom stereocenters. The number of carbonyl (C=O) groups is 1. The van der Waals surface area contributed by atoms with Gasteiger partial charge in [0.2, 0.25) is 5.91 Å². The third-order valence-electron chi connectivity index (χ3n) is 4.80. The zero-order chi connectivity index (χ0) is 19.2. The number of fused-ring (bicyclic) bond motifs is 1. The molecule has 0 radical (unpaired) electrons. The number of nitro groups is 1. The summed E-state index contributed by atoms with van der Waals surface area (Å²) in [6.45, 7) is 0.963. The van der Waals surface area contributed by atoms with Gasteiger partial charge in [-0.3, -0.25) is 19.5 Å². The molecule has 0 unspecified atom stereocenters. The van der Waals surface area contributed by atoms with Crippen molar-refractivity contribution in [2.75, 3.05) is 6.54 Å². The van der Waals surface area contributed by atoms with Crippen LogP contribution >= 0.6 is 0 Å². The lowest BCUT2D eigenvalue weighted by atomic mass is 9.97. The molecule has 0 bridgehead atoms. The van der Waals surface area contributed by atoms with Crippen LogP contribution in [-0.2, 0) is 11.3 Å². The minimum atomic E-state index is -0.574. The van der Waals surface area contributed by atoms with Crippen molar-refractivity contribution in [2.24, 2.45) is 0 Å². The second-order valence-corrected chi connectivity index (χ2v) is 6.74. The maximum atomic E-state index is 12.0. The fraction of sp³-hybridized carbons (Fsp3) is 0.474. The minimum absolute atomic E-state index is 0.0390. The molecule has 1 amide bonds. The average molecular weight is 373 g/mol. The van der Waals surface area contributed by atoms with Crippen LogP contribution in [-0.4, -0.2) is 21.9 Å². The molecular weight excluding hydrogens is 350 g/mol. The standard InChI is InChI=1S/C19H23N3O5/c23-18(20-11-10-14-5-2-1-3-6-14)7-4-12-21-16-9-8-15(22(25)26)13-17(16)27-19(21)24/h5,8-9,13H,1-4,6-7,10-12H2,(H,20,23). The number of allylic oxidation sites excluding steroid dienone is 1. The lowest BCUT2D eigenvalue weighted by Gasteiger charge is -2.12. The smallest absolute Gasteiger partial charge is 0.407 e. The Kier molecular flexibility index (Phi) is 6.05. The maximum Gasteiger partial charge on any atom is 0.419 e. The minimum Gasteiger partial charge on any atom is -0.407 e. The van der Waals surface area contributed by atoms with Crippen LogP contribution in [0.2, 0.25) is 0 Å². The van der Waals surface area contributed by atoms with E-state index in [9.17, 15) is 19.7 Å². The van der Waals surface area contributed by atoms with Gasteiger partial charge in [-0.2, -0.15) is 0 Å². The Morgan fingerprint density at radius 3 is 2.93 bits per heavy atom. The first-order valence-electron chi connectivity index (χ1n) is 9.27. The van der Waals surface area contributed by atoms with Gasteiger partial charge in [0.05, 0.1) is 16.5 Å². The molecule has 27 heavy (non-hydrogen) atoms. The highest BCUT2D eigenvalue weighted by Crippen LogP contribution is 2.21. The van der Waals surface area contributed by atoms with Crippen molar-refractivity contribution in [3.05, 3.63) is 50.5 Å². The lowest BCUT2D eigenvalue weighted by molar-refractivity contribution is -0.384. The van der Waals surface area contributed by atoms with Crippen LogP contribution in [0.15, 0.2) is 39.1 Å². The summed E-state index contributed by atoms with van der Waals surface area (Å²) >= 11 is 0. The van der Waals surface area contributed by atoms with Crippen LogP contribution in [0.1, 0.15) is 44.9 Å². The number of rotatable bonds is 8. The quantitative estimate of drug-likeness (QED) is 0.434. The SMILES string of the molecule is O=C(CCCn1c(=O)oc2cc([N+](=O)[O-])ccc21)NCCC1=CCCCC1. The topological polar surface area (TPSA) is 107 Å². The van der Waals surface area contributed by atoms with Gasteiger partial charge >= 0.3 is 5.76 Å². The summed E-state index contributed by atoms with van der Waals surface area (Å²) in [4.78, 5) is 34.2. The number of amides is 1. The summed E-state index contributed by atoms with van der Waals surface area (Å²) in [5, 5.41) is 13.7. The van der Waals surface area contributed by atoms with Gasteiger partial charge in [-0.15, -0.1) is 0 Å². The highest BCUT2D eigenvalue weighted by Gasteiger charge is 2.14. The van der Waals surface area contributed by atoms with Crippen LogP contribution in [0.4, 0.5) is 5.69 Å². The molecule has 0 fully saturated rings. The fourth-order valence-electron chi connectivity index (χ4n) is 3.36. The van der Waals surface area contributed by atoms with Gasteiger partial charge in [0.1, 0.15) is 0 Å². The van der Waals surface area contributed by atoms with Crippen molar-refractivity contribution in [3.63, 3.8) is 0 Å². The number of non-ortho nitro benzene ring substituents is 1. The number of aryl methyl sites for hydroxylation is 1. The lowest BCUT2D eigenvalue weighted by Crippen LogP contribution is -2.25. The number of aromatic nitrogens is 1. The second kappa shape index (κ2) is 8.66. The van der Waals surface area contributed by atoms with Gasteiger partial charge in [-0.05, 0) is 44.6 Å². The number of oxazole rings is 1. The summed E-state index contributed by atoms with van der Waals surface area (Å²) in [7, 11) is 0. The first kappa shape index (κ1) is 18.9. The zero-order valence-electron chi connectivity index (χ0n) is 15.1. The number of benzene rings is 1. The molecule has 0 saturated heterocycles. The molecule has 1 heterocycles. The second-order valence-electron chi connectivity index (χ2n) is 6.74. The molecule has 1 aliphatic rings. The van der Waals surface area contributed by atoms with E-state index in [1.807, 2.05) is 0 Å². The largest absolute Gasteiger partial charge is 0.419 e. The fourth-order valence-corrected chi connectivity index (χ4v) is 3.36. The molecule has 8 nitrogen and oxygen atoms in total. The van der Waals surface area contributed by atoms with Crippen LogP contribution in [0.5, 0.6) is 0 Å². The number of hydrogen-bond acceptors (Lipinski definition) is 5. The summed E-state index contributed by atoms with van der Waals surface area (Å²) in [5.74, 6) is -0.613. The average Bonchev–Trinajstić information content (AvgIpc) is 2.97. The van der Waals surface area contributed by atoms with Crippen LogP contribution in [0, 0.1) is 10.1 Å². The maximum absolute atomic E-state index is 12.0. The predicted octanol–water partition coefficient (Wildman–Crippen LogP) is 3.29. The van der Waals surface area contributed by atoms with E-state index in [2.05, 4.69) is 11.4 Å². The van der Waals surface area contributed by atoms with Gasteiger partial charge in [0.15, 0.2) is 5.58 Å². The van der Waals surface area contributed by atoms with E-state index in [4.69, 9.17) is 4.42 Å². The van der Waals surface area contributed by atoms with Gasteiger partial charge < -0.3 is 9.73 Å². The molecule has 2 aromatic rings. The highest BCUT2D eigenvalue weighted by molar-refractivity contribution is 5.76. The Labute approximate surface area is 156 Å².